The second-order valence-corrected chi connectivity index (χ2v) is 12.6. The second-order valence-electron chi connectivity index (χ2n) is 12.6. The van der Waals surface area contributed by atoms with E-state index in [9.17, 15) is 5.11 Å². The van der Waals surface area contributed by atoms with Gasteiger partial charge < -0.3 is 19.3 Å². The van der Waals surface area contributed by atoms with Gasteiger partial charge in [0.1, 0.15) is 17.2 Å². The predicted molar refractivity (Wildman–Crippen MR) is 150 cm³/mol. The number of phenolic OH excluding ortho intramolecular Hbond substituents is 1. The molecule has 0 bridgehead atoms. The molecule has 0 aliphatic carbocycles. The van der Waals surface area contributed by atoms with Crippen LogP contribution in [-0.2, 0) is 20.3 Å². The molecule has 7 rings (SSSR count). The van der Waals surface area contributed by atoms with Crippen molar-refractivity contribution in [3.05, 3.63) is 66.2 Å². The number of ether oxygens (including phenoxy) is 3. The summed E-state index contributed by atoms with van der Waals surface area (Å²) in [6.45, 7) is 12.3. The van der Waals surface area contributed by atoms with E-state index >= 15 is 0 Å². The Morgan fingerprint density at radius 1 is 0.795 bits per heavy atom. The van der Waals surface area contributed by atoms with Gasteiger partial charge in [-0.3, -0.25) is 0 Å². The summed E-state index contributed by atoms with van der Waals surface area (Å²) in [6.07, 6.45) is 0.722. The molecular formula is C33H34O6. The number of rotatable bonds is 1. The van der Waals surface area contributed by atoms with Crippen molar-refractivity contribution in [2.24, 2.45) is 10.8 Å². The Morgan fingerprint density at radius 2 is 1.56 bits per heavy atom. The Hall–Kier alpha value is -3.32. The first-order valence-electron chi connectivity index (χ1n) is 13.7. The number of phenols is 1. The van der Waals surface area contributed by atoms with Crippen molar-refractivity contribution in [1.29, 1.82) is 0 Å². The Kier molecular flexibility index (Phi) is 5.13. The summed E-state index contributed by atoms with van der Waals surface area (Å²) >= 11 is 0. The van der Waals surface area contributed by atoms with Crippen molar-refractivity contribution in [3.63, 3.8) is 0 Å². The zero-order valence-electron chi connectivity index (χ0n) is 23.1. The summed E-state index contributed by atoms with van der Waals surface area (Å²) in [5.41, 5.74) is 1.15. The summed E-state index contributed by atoms with van der Waals surface area (Å²) in [7, 11) is 0. The highest BCUT2D eigenvalue weighted by Gasteiger charge is 2.82. The van der Waals surface area contributed by atoms with Crippen LogP contribution in [0.2, 0.25) is 0 Å². The highest BCUT2D eigenvalue weighted by molar-refractivity contribution is 6.10. The quantitative estimate of drug-likeness (QED) is 0.259. The van der Waals surface area contributed by atoms with E-state index in [1.807, 2.05) is 30.3 Å². The van der Waals surface area contributed by atoms with Crippen LogP contribution in [0.3, 0.4) is 0 Å². The van der Waals surface area contributed by atoms with Crippen molar-refractivity contribution in [1.82, 2.24) is 0 Å². The van der Waals surface area contributed by atoms with Gasteiger partial charge in [-0.25, -0.2) is 4.89 Å². The fraction of sp³-hybridized carbons (Fsp3) is 0.394. The van der Waals surface area contributed by atoms with Gasteiger partial charge in [0, 0.05) is 28.4 Å². The van der Waals surface area contributed by atoms with Gasteiger partial charge in [0.25, 0.3) is 5.79 Å². The highest BCUT2D eigenvalue weighted by Crippen LogP contribution is 2.71. The molecule has 3 aliphatic rings. The highest BCUT2D eigenvalue weighted by atomic mass is 17.3. The molecule has 0 radical (unpaired) electrons. The van der Waals surface area contributed by atoms with Gasteiger partial charge in [0.15, 0.2) is 5.60 Å². The number of benzene rings is 4. The Bertz CT molecular complexity index is 1630. The molecular weight excluding hydrogens is 492 g/mol. The van der Waals surface area contributed by atoms with Gasteiger partial charge >= 0.3 is 0 Å². The van der Waals surface area contributed by atoms with Gasteiger partial charge in [0.05, 0.1) is 25.4 Å². The summed E-state index contributed by atoms with van der Waals surface area (Å²) in [4.78, 5) is 12.3. The third-order valence-corrected chi connectivity index (χ3v) is 8.76. The minimum Gasteiger partial charge on any atom is -0.508 e. The molecule has 3 heterocycles. The summed E-state index contributed by atoms with van der Waals surface area (Å²) in [5, 5.41) is 14.5. The topological polar surface area (TPSA) is 66.4 Å². The first kappa shape index (κ1) is 24.7. The molecule has 0 amide bonds. The van der Waals surface area contributed by atoms with E-state index in [2.05, 4.69) is 52.8 Å². The molecule has 1 N–H and O–H groups in total. The van der Waals surface area contributed by atoms with Crippen LogP contribution < -0.4 is 9.47 Å². The lowest BCUT2D eigenvalue weighted by molar-refractivity contribution is -0.626. The maximum atomic E-state index is 10.6. The van der Waals surface area contributed by atoms with E-state index in [1.165, 1.54) is 0 Å². The molecule has 2 saturated heterocycles. The predicted octanol–water partition coefficient (Wildman–Crippen LogP) is 7.48. The number of hydrogen-bond acceptors (Lipinski definition) is 6. The lowest BCUT2D eigenvalue weighted by Crippen LogP contribution is -2.73. The summed E-state index contributed by atoms with van der Waals surface area (Å²) in [5.74, 6) is 0.485. The molecule has 0 aromatic heterocycles. The molecule has 4 aromatic carbocycles. The van der Waals surface area contributed by atoms with Gasteiger partial charge in [0.2, 0.25) is 0 Å². The van der Waals surface area contributed by atoms with Crippen LogP contribution in [-0.4, -0.2) is 30.5 Å². The van der Waals surface area contributed by atoms with E-state index in [1.54, 1.807) is 12.1 Å². The van der Waals surface area contributed by atoms with E-state index < -0.39 is 11.4 Å². The fourth-order valence-corrected chi connectivity index (χ4v) is 7.28. The van der Waals surface area contributed by atoms with Crippen molar-refractivity contribution in [3.8, 4) is 28.4 Å². The Labute approximate surface area is 228 Å². The van der Waals surface area contributed by atoms with Crippen LogP contribution in [0.25, 0.3) is 32.7 Å². The van der Waals surface area contributed by atoms with E-state index in [0.29, 0.717) is 25.6 Å². The first-order chi connectivity index (χ1) is 18.6. The molecule has 2 fully saturated rings. The monoisotopic (exact) mass is 526 g/mol. The Balaban J connectivity index is 1.64. The zero-order chi connectivity index (χ0) is 27.2. The van der Waals surface area contributed by atoms with Gasteiger partial charge in [-0.15, -0.1) is 0 Å². The number of aromatic hydroxyl groups is 1. The first-order valence-corrected chi connectivity index (χ1v) is 13.7. The molecule has 2 unspecified atom stereocenters. The molecule has 3 aliphatic heterocycles. The van der Waals surface area contributed by atoms with Crippen LogP contribution >= 0.6 is 0 Å². The van der Waals surface area contributed by atoms with E-state index in [0.717, 1.165) is 50.4 Å². The number of hydrogen-bond donors (Lipinski definition) is 1. The van der Waals surface area contributed by atoms with Crippen LogP contribution in [0.5, 0.6) is 17.2 Å². The lowest BCUT2D eigenvalue weighted by atomic mass is 9.57. The average Bonchev–Trinajstić information content (AvgIpc) is 3.09. The molecule has 202 valence electrons. The molecule has 6 nitrogen and oxygen atoms in total. The fourth-order valence-electron chi connectivity index (χ4n) is 7.28. The Morgan fingerprint density at radius 3 is 2.33 bits per heavy atom. The maximum absolute atomic E-state index is 10.6. The van der Waals surface area contributed by atoms with Crippen molar-refractivity contribution in [2.45, 2.75) is 52.4 Å². The SMILES string of the molecule is CC(C)(C)C12OOC1(c1cc3cc(O)ccc3c3c1OCCCOc1ccc4ccccc4c1-3)OCC2(C)C. The largest absolute Gasteiger partial charge is 0.508 e. The third-order valence-electron chi connectivity index (χ3n) is 8.76. The second kappa shape index (κ2) is 8.10. The summed E-state index contributed by atoms with van der Waals surface area (Å²) in [6, 6.07) is 19.9. The number of fused-ring (bicyclic) bond motifs is 8. The smallest absolute Gasteiger partial charge is 0.265 e. The molecule has 0 spiro atoms. The van der Waals surface area contributed by atoms with Gasteiger partial charge in [-0.05, 0) is 51.9 Å². The van der Waals surface area contributed by atoms with E-state index in [-0.39, 0.29) is 16.6 Å². The van der Waals surface area contributed by atoms with E-state index in [4.69, 9.17) is 24.0 Å². The van der Waals surface area contributed by atoms with Gasteiger partial charge in [-0.2, -0.15) is 4.89 Å². The zero-order valence-corrected chi connectivity index (χ0v) is 23.1. The van der Waals surface area contributed by atoms with Crippen LogP contribution in [0.1, 0.15) is 46.6 Å². The van der Waals surface area contributed by atoms with Crippen molar-refractivity contribution < 1.29 is 29.1 Å². The maximum Gasteiger partial charge on any atom is 0.265 e. The third kappa shape index (κ3) is 3.14. The minimum atomic E-state index is -1.20. The minimum absolute atomic E-state index is 0.185. The van der Waals surface area contributed by atoms with Crippen LogP contribution in [0, 0.1) is 10.8 Å². The molecule has 2 atom stereocenters. The lowest BCUT2D eigenvalue weighted by Gasteiger charge is -2.61. The van der Waals surface area contributed by atoms with Crippen LogP contribution in [0.15, 0.2) is 60.7 Å². The summed E-state index contributed by atoms with van der Waals surface area (Å²) < 4.78 is 19.7. The van der Waals surface area contributed by atoms with Crippen LogP contribution in [0.4, 0.5) is 0 Å². The van der Waals surface area contributed by atoms with Gasteiger partial charge in [-0.1, -0.05) is 65.0 Å². The van der Waals surface area contributed by atoms with Crippen molar-refractivity contribution in [2.75, 3.05) is 19.8 Å². The molecule has 6 heteroatoms. The molecule has 4 aromatic rings. The normalized spacial score (nSPS) is 25.8. The standard InChI is InChI=1S/C33H34O6/c1-30(2,3)33-31(4,5)19-37-32(33,38-39-33)25-18-21-17-22(34)12-13-24(21)28-27-23-10-7-6-9-20(23)11-14-26(27)35-15-8-16-36-29(25)28/h6-7,9-14,17-18,34H,8,15-16,19H2,1-5H3. The molecule has 0 saturated carbocycles. The molecule has 39 heavy (non-hydrogen) atoms. The van der Waals surface area contributed by atoms with Crippen molar-refractivity contribution >= 4 is 21.5 Å². The average molecular weight is 527 g/mol.